The molecular formula is C11H17NO3S. The highest BCUT2D eigenvalue weighted by atomic mass is 32.2. The second-order valence-corrected chi connectivity index (χ2v) is 5.98. The smallest absolute Gasteiger partial charge is 0.308 e. The van der Waals surface area contributed by atoms with E-state index in [1.54, 1.807) is 16.7 Å². The molecule has 3 atom stereocenters. The molecular weight excluding hydrogens is 226 g/mol. The van der Waals surface area contributed by atoms with Crippen LogP contribution in [0.3, 0.4) is 0 Å². The number of hydrogen-bond acceptors (Lipinski definition) is 3. The van der Waals surface area contributed by atoms with Crippen LogP contribution in [0.1, 0.15) is 19.8 Å². The van der Waals surface area contributed by atoms with E-state index in [2.05, 4.69) is 0 Å². The van der Waals surface area contributed by atoms with Gasteiger partial charge < -0.3 is 10.0 Å². The van der Waals surface area contributed by atoms with Crippen LogP contribution >= 0.6 is 11.8 Å². The zero-order chi connectivity index (χ0) is 11.7. The normalized spacial score (nSPS) is 34.3. The largest absolute Gasteiger partial charge is 0.481 e. The second kappa shape index (κ2) is 4.65. The van der Waals surface area contributed by atoms with Crippen molar-refractivity contribution >= 4 is 23.6 Å². The first-order valence-electron chi connectivity index (χ1n) is 5.73. The van der Waals surface area contributed by atoms with Gasteiger partial charge in [0.1, 0.15) is 0 Å². The number of amides is 1. The molecule has 0 aromatic rings. The minimum Gasteiger partial charge on any atom is -0.481 e. The van der Waals surface area contributed by atoms with Crippen LogP contribution in [0.4, 0.5) is 0 Å². The number of nitrogens with zero attached hydrogens (tertiary/aromatic N) is 1. The highest BCUT2D eigenvalue weighted by Gasteiger charge is 2.39. The molecule has 1 amide bonds. The maximum Gasteiger partial charge on any atom is 0.308 e. The Labute approximate surface area is 99.4 Å². The van der Waals surface area contributed by atoms with Crippen LogP contribution in [0.2, 0.25) is 0 Å². The molecule has 2 heterocycles. The zero-order valence-corrected chi connectivity index (χ0v) is 10.2. The maximum absolute atomic E-state index is 12.1. The molecule has 0 spiro atoms. The predicted octanol–water partition coefficient (Wildman–Crippen LogP) is 1.06. The van der Waals surface area contributed by atoms with Crippen LogP contribution in [0, 0.1) is 11.8 Å². The Morgan fingerprint density at radius 2 is 2.12 bits per heavy atom. The Hall–Kier alpha value is -0.710. The Kier molecular flexibility index (Phi) is 3.42. The molecule has 2 rings (SSSR count). The standard InChI is InChI=1S/C11H17NO3S/c1-7-5-12(6-8(7)11(14)15)10(13)9-3-2-4-16-9/h7-9H,2-6H2,1H3,(H,14,15). The first-order valence-corrected chi connectivity index (χ1v) is 6.77. The summed E-state index contributed by atoms with van der Waals surface area (Å²) in [6.45, 7) is 2.91. The molecule has 4 nitrogen and oxygen atoms in total. The van der Waals surface area contributed by atoms with Crippen LogP contribution in [0.5, 0.6) is 0 Å². The van der Waals surface area contributed by atoms with Gasteiger partial charge in [0, 0.05) is 13.1 Å². The van der Waals surface area contributed by atoms with Crippen molar-refractivity contribution in [3.05, 3.63) is 0 Å². The van der Waals surface area contributed by atoms with Crippen molar-refractivity contribution in [2.75, 3.05) is 18.8 Å². The number of carboxylic acids is 1. The van der Waals surface area contributed by atoms with Crippen molar-refractivity contribution in [1.29, 1.82) is 0 Å². The van der Waals surface area contributed by atoms with Gasteiger partial charge in [-0.3, -0.25) is 9.59 Å². The van der Waals surface area contributed by atoms with E-state index in [1.165, 1.54) is 0 Å². The van der Waals surface area contributed by atoms with E-state index in [4.69, 9.17) is 5.11 Å². The predicted molar refractivity (Wildman–Crippen MR) is 62.3 cm³/mol. The molecule has 0 aliphatic carbocycles. The number of thioether (sulfide) groups is 1. The number of carbonyl (C=O) groups is 2. The zero-order valence-electron chi connectivity index (χ0n) is 9.39. The highest BCUT2D eigenvalue weighted by molar-refractivity contribution is 8.00. The molecule has 2 aliphatic heterocycles. The molecule has 0 aromatic carbocycles. The molecule has 0 aromatic heterocycles. The molecule has 0 bridgehead atoms. The Morgan fingerprint density at radius 1 is 1.38 bits per heavy atom. The first-order chi connectivity index (χ1) is 7.59. The molecule has 2 saturated heterocycles. The van der Waals surface area contributed by atoms with Gasteiger partial charge in [-0.1, -0.05) is 6.92 Å². The lowest BCUT2D eigenvalue weighted by atomic mass is 9.99. The minimum absolute atomic E-state index is 0.0767. The third kappa shape index (κ3) is 2.19. The van der Waals surface area contributed by atoms with Crippen molar-refractivity contribution in [2.24, 2.45) is 11.8 Å². The average molecular weight is 243 g/mol. The number of carboxylic acid groups (broad SMARTS) is 1. The Morgan fingerprint density at radius 3 is 2.62 bits per heavy atom. The summed E-state index contributed by atoms with van der Waals surface area (Å²) in [6.07, 6.45) is 2.05. The van der Waals surface area contributed by atoms with Crippen LogP contribution in [-0.2, 0) is 9.59 Å². The summed E-state index contributed by atoms with van der Waals surface area (Å²) in [5.74, 6) is 0.130. The fourth-order valence-corrected chi connectivity index (χ4v) is 3.69. The van der Waals surface area contributed by atoms with E-state index in [1.807, 2.05) is 6.92 Å². The van der Waals surface area contributed by atoms with Crippen LogP contribution in [0.25, 0.3) is 0 Å². The van der Waals surface area contributed by atoms with Gasteiger partial charge in [-0.25, -0.2) is 0 Å². The summed E-state index contributed by atoms with van der Waals surface area (Å²) in [4.78, 5) is 24.8. The minimum atomic E-state index is -0.776. The van der Waals surface area contributed by atoms with Gasteiger partial charge in [0.25, 0.3) is 0 Å². The van der Waals surface area contributed by atoms with Crippen LogP contribution in [-0.4, -0.2) is 46.0 Å². The summed E-state index contributed by atoms with van der Waals surface area (Å²) in [5.41, 5.74) is 0. The van der Waals surface area contributed by atoms with E-state index in [9.17, 15) is 9.59 Å². The van der Waals surface area contributed by atoms with Gasteiger partial charge in [-0.2, -0.15) is 0 Å². The molecule has 2 aliphatic rings. The lowest BCUT2D eigenvalue weighted by molar-refractivity contribution is -0.142. The van der Waals surface area contributed by atoms with Gasteiger partial charge in [-0.05, 0) is 24.5 Å². The van der Waals surface area contributed by atoms with Crippen LogP contribution < -0.4 is 0 Å². The van der Waals surface area contributed by atoms with E-state index in [0.717, 1.165) is 18.6 Å². The molecule has 1 N–H and O–H groups in total. The lowest BCUT2D eigenvalue weighted by Gasteiger charge is -2.19. The summed E-state index contributed by atoms with van der Waals surface area (Å²) < 4.78 is 0. The third-order valence-corrected chi connectivity index (χ3v) is 4.81. The SMILES string of the molecule is CC1CN(C(=O)C2CCCS2)CC1C(=O)O. The van der Waals surface area contributed by atoms with Gasteiger partial charge in [0.2, 0.25) is 5.91 Å². The van der Waals surface area contributed by atoms with E-state index in [0.29, 0.717) is 13.1 Å². The first kappa shape index (κ1) is 11.8. The Balaban J connectivity index is 1.96. The van der Waals surface area contributed by atoms with Gasteiger partial charge in [-0.15, -0.1) is 11.8 Å². The third-order valence-electron chi connectivity index (χ3n) is 3.45. The molecule has 2 fully saturated rings. The van der Waals surface area contributed by atoms with Crippen LogP contribution in [0.15, 0.2) is 0 Å². The monoisotopic (exact) mass is 243 g/mol. The molecule has 3 unspecified atom stereocenters. The Bertz CT molecular complexity index is 302. The van der Waals surface area contributed by atoms with Gasteiger partial charge in [0.15, 0.2) is 0 Å². The summed E-state index contributed by atoms with van der Waals surface area (Å²) >= 11 is 1.71. The quantitative estimate of drug-likeness (QED) is 0.788. The number of likely N-dealkylation sites (tertiary alicyclic amines) is 1. The molecule has 5 heteroatoms. The van der Waals surface area contributed by atoms with Crippen molar-refractivity contribution < 1.29 is 14.7 Å². The van der Waals surface area contributed by atoms with Crippen molar-refractivity contribution in [3.8, 4) is 0 Å². The van der Waals surface area contributed by atoms with Crippen molar-refractivity contribution in [2.45, 2.75) is 25.0 Å². The summed E-state index contributed by atoms with van der Waals surface area (Å²) in [5, 5.41) is 9.09. The molecule has 0 saturated carbocycles. The average Bonchev–Trinajstić information content (AvgIpc) is 2.84. The molecule has 90 valence electrons. The maximum atomic E-state index is 12.1. The molecule has 16 heavy (non-hydrogen) atoms. The summed E-state index contributed by atoms with van der Waals surface area (Å²) in [7, 11) is 0. The number of aliphatic carboxylic acids is 1. The van der Waals surface area contributed by atoms with Gasteiger partial charge >= 0.3 is 5.97 Å². The second-order valence-electron chi connectivity index (χ2n) is 4.67. The molecule has 0 radical (unpaired) electrons. The van der Waals surface area contributed by atoms with E-state index in [-0.39, 0.29) is 23.0 Å². The van der Waals surface area contributed by atoms with Crippen molar-refractivity contribution in [3.63, 3.8) is 0 Å². The number of carbonyl (C=O) groups excluding carboxylic acids is 1. The van der Waals surface area contributed by atoms with E-state index < -0.39 is 5.97 Å². The lowest BCUT2D eigenvalue weighted by Crippen LogP contribution is -2.35. The fraction of sp³-hybridized carbons (Fsp3) is 0.818. The topological polar surface area (TPSA) is 57.6 Å². The fourth-order valence-electron chi connectivity index (χ4n) is 2.44. The summed E-state index contributed by atoms with van der Waals surface area (Å²) in [6, 6.07) is 0. The van der Waals surface area contributed by atoms with Crippen molar-refractivity contribution in [1.82, 2.24) is 4.90 Å². The van der Waals surface area contributed by atoms with E-state index >= 15 is 0 Å². The highest BCUT2D eigenvalue weighted by Crippen LogP contribution is 2.31. The van der Waals surface area contributed by atoms with Gasteiger partial charge in [0.05, 0.1) is 11.2 Å². The number of hydrogen-bond donors (Lipinski definition) is 1. The number of rotatable bonds is 2.